The van der Waals surface area contributed by atoms with Crippen LogP contribution in [0.5, 0.6) is 0 Å². The number of benzene rings is 1. The number of nitrogens with one attached hydrogen (secondary N) is 1. The summed E-state index contributed by atoms with van der Waals surface area (Å²) in [4.78, 5) is 0. The van der Waals surface area contributed by atoms with E-state index in [2.05, 4.69) is 39.1 Å². The Balaban J connectivity index is 2.36. The van der Waals surface area contributed by atoms with Crippen LogP contribution in [0, 0.1) is 11.3 Å². The summed E-state index contributed by atoms with van der Waals surface area (Å²) in [7, 11) is 0. The lowest BCUT2D eigenvalue weighted by molar-refractivity contribution is 0.252. The van der Waals surface area contributed by atoms with Gasteiger partial charge in [0, 0.05) is 11.6 Å². The van der Waals surface area contributed by atoms with Crippen molar-refractivity contribution in [2.45, 2.75) is 34.2 Å². The first-order valence-electron chi connectivity index (χ1n) is 5.85. The highest BCUT2D eigenvalue weighted by Gasteiger charge is 2.18. The average Bonchev–Trinajstić information content (AvgIpc) is 2.16. The van der Waals surface area contributed by atoms with Gasteiger partial charge in [-0.3, -0.25) is 0 Å². The Hall–Kier alpha value is -0.530. The second kappa shape index (κ2) is 5.70. The zero-order chi connectivity index (χ0) is 12.2. The van der Waals surface area contributed by atoms with Gasteiger partial charge in [0.1, 0.15) is 0 Å². The van der Waals surface area contributed by atoms with Gasteiger partial charge in [0.15, 0.2) is 0 Å². The van der Waals surface area contributed by atoms with Crippen LogP contribution in [0.1, 0.15) is 33.3 Å². The molecule has 0 spiro atoms. The Labute approximate surface area is 104 Å². The molecule has 1 rings (SSSR count). The van der Waals surface area contributed by atoms with Gasteiger partial charge in [-0.1, -0.05) is 51.4 Å². The van der Waals surface area contributed by atoms with Crippen LogP contribution in [0.4, 0.5) is 0 Å². The van der Waals surface area contributed by atoms with Crippen molar-refractivity contribution in [3.8, 4) is 0 Å². The molecular weight excluding hydrogens is 218 g/mol. The Kier molecular flexibility index (Phi) is 4.82. The lowest BCUT2D eigenvalue weighted by Crippen LogP contribution is -2.29. The summed E-state index contributed by atoms with van der Waals surface area (Å²) < 4.78 is 0. The van der Waals surface area contributed by atoms with Gasteiger partial charge in [0.2, 0.25) is 0 Å². The fourth-order valence-electron chi connectivity index (χ4n) is 1.39. The van der Waals surface area contributed by atoms with Crippen LogP contribution in [0.25, 0.3) is 0 Å². The smallest absolute Gasteiger partial charge is 0.0409 e. The Morgan fingerprint density at radius 3 is 2.56 bits per heavy atom. The minimum Gasteiger partial charge on any atom is -0.312 e. The van der Waals surface area contributed by atoms with Crippen molar-refractivity contribution in [1.82, 2.24) is 5.32 Å². The number of hydrogen-bond acceptors (Lipinski definition) is 1. The van der Waals surface area contributed by atoms with E-state index in [0.29, 0.717) is 11.3 Å². The van der Waals surface area contributed by atoms with E-state index in [4.69, 9.17) is 11.6 Å². The lowest BCUT2D eigenvalue weighted by atomic mass is 9.82. The van der Waals surface area contributed by atoms with Gasteiger partial charge in [-0.05, 0) is 35.6 Å². The molecule has 0 aliphatic carbocycles. The van der Waals surface area contributed by atoms with E-state index in [9.17, 15) is 0 Å². The molecule has 90 valence electrons. The summed E-state index contributed by atoms with van der Waals surface area (Å²) in [6, 6.07) is 8.01. The van der Waals surface area contributed by atoms with E-state index >= 15 is 0 Å². The highest BCUT2D eigenvalue weighted by molar-refractivity contribution is 6.30. The Morgan fingerprint density at radius 1 is 1.31 bits per heavy atom. The Morgan fingerprint density at radius 2 is 2.00 bits per heavy atom. The largest absolute Gasteiger partial charge is 0.312 e. The number of rotatable bonds is 4. The molecule has 1 nitrogen and oxygen atoms in total. The first-order valence-corrected chi connectivity index (χ1v) is 6.22. The molecule has 0 radical (unpaired) electrons. The predicted molar refractivity (Wildman–Crippen MR) is 71.8 cm³/mol. The summed E-state index contributed by atoms with van der Waals surface area (Å²) in [5, 5.41) is 4.29. The fourth-order valence-corrected chi connectivity index (χ4v) is 1.60. The normalized spacial score (nSPS) is 13.8. The second-order valence-corrected chi connectivity index (χ2v) is 5.96. The monoisotopic (exact) mass is 239 g/mol. The zero-order valence-corrected chi connectivity index (χ0v) is 11.4. The highest BCUT2D eigenvalue weighted by atomic mass is 35.5. The Bertz CT molecular complexity index is 328. The van der Waals surface area contributed by atoms with Crippen molar-refractivity contribution in [3.63, 3.8) is 0 Å². The minimum absolute atomic E-state index is 0.362. The van der Waals surface area contributed by atoms with E-state index in [1.165, 1.54) is 5.56 Å². The molecule has 0 aromatic heterocycles. The minimum atomic E-state index is 0.362. The fraction of sp³-hybridized carbons (Fsp3) is 0.571. The summed E-state index contributed by atoms with van der Waals surface area (Å²) in [6.45, 7) is 11.0. The summed E-state index contributed by atoms with van der Waals surface area (Å²) >= 11 is 5.93. The van der Waals surface area contributed by atoms with E-state index in [1.807, 2.05) is 18.2 Å². The molecular formula is C14H22ClN. The summed E-state index contributed by atoms with van der Waals surface area (Å²) in [5.74, 6) is 0.659. The second-order valence-electron chi connectivity index (χ2n) is 5.53. The maximum atomic E-state index is 5.93. The van der Waals surface area contributed by atoms with Gasteiger partial charge in [0.25, 0.3) is 0 Å². The molecule has 1 N–H and O–H groups in total. The summed E-state index contributed by atoms with van der Waals surface area (Å²) in [5.41, 5.74) is 1.61. The van der Waals surface area contributed by atoms with Crippen molar-refractivity contribution in [1.29, 1.82) is 0 Å². The molecule has 1 aromatic carbocycles. The molecule has 16 heavy (non-hydrogen) atoms. The molecule has 1 atom stereocenters. The SMILES string of the molecule is CC(CNCc1cccc(Cl)c1)C(C)(C)C. The van der Waals surface area contributed by atoms with Crippen LogP contribution in [0.2, 0.25) is 5.02 Å². The zero-order valence-electron chi connectivity index (χ0n) is 10.7. The molecule has 1 aromatic rings. The maximum Gasteiger partial charge on any atom is 0.0409 e. The summed E-state index contributed by atoms with van der Waals surface area (Å²) in [6.07, 6.45) is 0. The van der Waals surface area contributed by atoms with Gasteiger partial charge >= 0.3 is 0 Å². The molecule has 0 saturated carbocycles. The van der Waals surface area contributed by atoms with Crippen LogP contribution < -0.4 is 5.32 Å². The van der Waals surface area contributed by atoms with Crippen LogP contribution in [-0.2, 0) is 6.54 Å². The third kappa shape index (κ3) is 4.54. The lowest BCUT2D eigenvalue weighted by Gasteiger charge is -2.27. The quantitative estimate of drug-likeness (QED) is 0.834. The van der Waals surface area contributed by atoms with Crippen molar-refractivity contribution in [2.75, 3.05) is 6.54 Å². The molecule has 0 aliphatic rings. The van der Waals surface area contributed by atoms with Crippen molar-refractivity contribution in [2.24, 2.45) is 11.3 Å². The molecule has 1 unspecified atom stereocenters. The van der Waals surface area contributed by atoms with E-state index in [-0.39, 0.29) is 0 Å². The first kappa shape index (κ1) is 13.5. The van der Waals surface area contributed by atoms with Crippen molar-refractivity contribution < 1.29 is 0 Å². The van der Waals surface area contributed by atoms with E-state index in [1.54, 1.807) is 0 Å². The standard InChI is InChI=1S/C14H22ClN/c1-11(14(2,3)4)9-16-10-12-6-5-7-13(15)8-12/h5-8,11,16H,9-10H2,1-4H3. The predicted octanol–water partition coefficient (Wildman–Crippen LogP) is 4.11. The molecule has 0 saturated heterocycles. The van der Waals surface area contributed by atoms with E-state index < -0.39 is 0 Å². The van der Waals surface area contributed by atoms with Crippen LogP contribution in [0.3, 0.4) is 0 Å². The third-order valence-corrected chi connectivity index (χ3v) is 3.38. The van der Waals surface area contributed by atoms with Crippen LogP contribution in [0.15, 0.2) is 24.3 Å². The van der Waals surface area contributed by atoms with Gasteiger partial charge in [0.05, 0.1) is 0 Å². The van der Waals surface area contributed by atoms with Crippen LogP contribution >= 0.6 is 11.6 Å². The molecule has 0 heterocycles. The van der Waals surface area contributed by atoms with Crippen molar-refractivity contribution >= 4 is 11.6 Å². The first-order chi connectivity index (χ1) is 7.39. The van der Waals surface area contributed by atoms with Gasteiger partial charge in [-0.15, -0.1) is 0 Å². The molecule has 0 fully saturated rings. The van der Waals surface area contributed by atoms with Gasteiger partial charge in [-0.25, -0.2) is 0 Å². The number of halogens is 1. The molecule has 0 aliphatic heterocycles. The van der Waals surface area contributed by atoms with Gasteiger partial charge in [-0.2, -0.15) is 0 Å². The molecule has 0 bridgehead atoms. The molecule has 2 heteroatoms. The average molecular weight is 240 g/mol. The van der Waals surface area contributed by atoms with Crippen molar-refractivity contribution in [3.05, 3.63) is 34.9 Å². The van der Waals surface area contributed by atoms with Gasteiger partial charge < -0.3 is 5.32 Å². The topological polar surface area (TPSA) is 12.0 Å². The number of hydrogen-bond donors (Lipinski definition) is 1. The molecule has 0 amide bonds. The van der Waals surface area contributed by atoms with E-state index in [0.717, 1.165) is 18.1 Å². The third-order valence-electron chi connectivity index (χ3n) is 3.15. The highest BCUT2D eigenvalue weighted by Crippen LogP contribution is 2.24. The maximum absolute atomic E-state index is 5.93. The van der Waals surface area contributed by atoms with Crippen LogP contribution in [-0.4, -0.2) is 6.54 Å².